The second kappa shape index (κ2) is 5.44. The van der Waals surface area contributed by atoms with Crippen LogP contribution in [0.15, 0.2) is 18.3 Å². The molecule has 1 N–H and O–H groups in total. The topological polar surface area (TPSA) is 43.4 Å². The average Bonchev–Trinajstić information content (AvgIpc) is 2.26. The third-order valence-corrected chi connectivity index (χ3v) is 1.94. The molecule has 0 aliphatic rings. The molecule has 0 saturated heterocycles. The molecule has 0 aliphatic carbocycles. The maximum absolute atomic E-state index is 5.12. The van der Waals surface area contributed by atoms with E-state index in [0.29, 0.717) is 5.88 Å². The van der Waals surface area contributed by atoms with Crippen LogP contribution in [-0.4, -0.2) is 31.9 Å². The highest BCUT2D eigenvalue weighted by molar-refractivity contribution is 5.44. The quantitative estimate of drug-likeness (QED) is 0.775. The molecular weight excluding hydrogens is 180 g/mol. The first-order valence-electron chi connectivity index (χ1n) is 4.53. The van der Waals surface area contributed by atoms with Gasteiger partial charge >= 0.3 is 0 Å². The van der Waals surface area contributed by atoms with Crippen molar-refractivity contribution in [3.63, 3.8) is 0 Å². The Labute approximate surface area is 84.3 Å². The Morgan fingerprint density at radius 3 is 2.93 bits per heavy atom. The van der Waals surface area contributed by atoms with Crippen molar-refractivity contribution in [3.8, 4) is 5.88 Å². The summed E-state index contributed by atoms with van der Waals surface area (Å²) in [6.07, 6.45) is 1.90. The van der Waals surface area contributed by atoms with Crippen molar-refractivity contribution in [3.05, 3.63) is 18.3 Å². The Kier molecular flexibility index (Phi) is 4.19. The number of hydrogen-bond donors (Lipinski definition) is 1. The van der Waals surface area contributed by atoms with Crippen molar-refractivity contribution in [2.75, 3.05) is 26.1 Å². The molecule has 14 heavy (non-hydrogen) atoms. The van der Waals surface area contributed by atoms with E-state index in [1.54, 1.807) is 20.4 Å². The largest absolute Gasteiger partial charge is 0.481 e. The molecule has 1 rings (SSSR count). The predicted molar refractivity (Wildman–Crippen MR) is 55.7 cm³/mol. The zero-order valence-corrected chi connectivity index (χ0v) is 8.78. The van der Waals surface area contributed by atoms with Crippen LogP contribution in [0.5, 0.6) is 5.88 Å². The van der Waals surface area contributed by atoms with E-state index >= 15 is 0 Å². The van der Waals surface area contributed by atoms with Gasteiger partial charge in [-0.2, -0.15) is 0 Å². The molecule has 1 heterocycles. The fourth-order valence-corrected chi connectivity index (χ4v) is 0.976. The predicted octanol–water partition coefficient (Wildman–Crippen LogP) is 1.54. The summed E-state index contributed by atoms with van der Waals surface area (Å²) in [5.41, 5.74) is 0.987. The number of rotatable bonds is 5. The maximum atomic E-state index is 5.12. The standard InChI is InChI=1S/C10H16N2O2/c1-8(13-2)7-12-9-4-5-11-10(6-9)14-3/h4-6,8H,7H2,1-3H3,(H,11,12). The van der Waals surface area contributed by atoms with Crippen LogP contribution >= 0.6 is 0 Å². The molecule has 0 amide bonds. The molecule has 4 nitrogen and oxygen atoms in total. The third-order valence-electron chi connectivity index (χ3n) is 1.94. The summed E-state index contributed by atoms with van der Waals surface area (Å²) in [4.78, 5) is 4.01. The van der Waals surface area contributed by atoms with Crippen LogP contribution in [0.25, 0.3) is 0 Å². The summed E-state index contributed by atoms with van der Waals surface area (Å²) < 4.78 is 10.1. The highest BCUT2D eigenvalue weighted by atomic mass is 16.5. The summed E-state index contributed by atoms with van der Waals surface area (Å²) in [5, 5.41) is 3.23. The molecule has 0 aromatic carbocycles. The molecule has 1 unspecified atom stereocenters. The Morgan fingerprint density at radius 2 is 2.29 bits per heavy atom. The molecule has 0 aliphatic heterocycles. The Morgan fingerprint density at radius 1 is 1.50 bits per heavy atom. The lowest BCUT2D eigenvalue weighted by Gasteiger charge is -2.11. The minimum Gasteiger partial charge on any atom is -0.481 e. The van der Waals surface area contributed by atoms with Gasteiger partial charge in [-0.3, -0.25) is 0 Å². The van der Waals surface area contributed by atoms with Crippen LogP contribution in [0.4, 0.5) is 5.69 Å². The van der Waals surface area contributed by atoms with Gasteiger partial charge in [0.2, 0.25) is 5.88 Å². The van der Waals surface area contributed by atoms with Crippen molar-refractivity contribution in [2.45, 2.75) is 13.0 Å². The summed E-state index contributed by atoms with van der Waals surface area (Å²) in [5.74, 6) is 0.611. The van der Waals surface area contributed by atoms with Crippen LogP contribution in [0.1, 0.15) is 6.92 Å². The SMILES string of the molecule is COc1cc(NCC(C)OC)ccn1. The Balaban J connectivity index is 2.50. The van der Waals surface area contributed by atoms with Gasteiger partial charge < -0.3 is 14.8 Å². The summed E-state index contributed by atoms with van der Waals surface area (Å²) in [7, 11) is 3.30. The molecule has 78 valence electrons. The van der Waals surface area contributed by atoms with Crippen LogP contribution < -0.4 is 10.1 Å². The first kappa shape index (κ1) is 10.8. The van der Waals surface area contributed by atoms with E-state index in [1.165, 1.54) is 0 Å². The lowest BCUT2D eigenvalue weighted by Crippen LogP contribution is -2.18. The normalized spacial score (nSPS) is 12.2. The monoisotopic (exact) mass is 196 g/mol. The summed E-state index contributed by atoms with van der Waals surface area (Å²) in [6.45, 7) is 2.77. The van der Waals surface area contributed by atoms with Crippen molar-refractivity contribution >= 4 is 5.69 Å². The van der Waals surface area contributed by atoms with E-state index < -0.39 is 0 Å². The van der Waals surface area contributed by atoms with Gasteiger partial charge in [0, 0.05) is 31.6 Å². The molecular formula is C10H16N2O2. The summed E-state index contributed by atoms with van der Waals surface area (Å²) in [6, 6.07) is 3.74. The van der Waals surface area contributed by atoms with Gasteiger partial charge in [0.25, 0.3) is 0 Å². The number of pyridine rings is 1. The molecule has 1 aromatic rings. The fourth-order valence-electron chi connectivity index (χ4n) is 0.976. The van der Waals surface area contributed by atoms with E-state index in [4.69, 9.17) is 9.47 Å². The van der Waals surface area contributed by atoms with E-state index in [1.807, 2.05) is 19.1 Å². The van der Waals surface area contributed by atoms with E-state index in [0.717, 1.165) is 12.2 Å². The second-order valence-corrected chi connectivity index (χ2v) is 3.01. The van der Waals surface area contributed by atoms with Crippen molar-refractivity contribution in [1.29, 1.82) is 0 Å². The van der Waals surface area contributed by atoms with Crippen LogP contribution in [0, 0.1) is 0 Å². The number of methoxy groups -OCH3 is 2. The van der Waals surface area contributed by atoms with Gasteiger partial charge in [0.15, 0.2) is 0 Å². The van der Waals surface area contributed by atoms with Gasteiger partial charge in [-0.05, 0) is 13.0 Å². The van der Waals surface area contributed by atoms with Gasteiger partial charge in [0.05, 0.1) is 13.2 Å². The van der Waals surface area contributed by atoms with Crippen molar-refractivity contribution in [2.24, 2.45) is 0 Å². The highest BCUT2D eigenvalue weighted by Gasteiger charge is 2.00. The zero-order valence-electron chi connectivity index (χ0n) is 8.78. The van der Waals surface area contributed by atoms with E-state index in [2.05, 4.69) is 10.3 Å². The molecule has 0 radical (unpaired) electrons. The number of aromatic nitrogens is 1. The van der Waals surface area contributed by atoms with E-state index in [-0.39, 0.29) is 6.10 Å². The van der Waals surface area contributed by atoms with Crippen molar-refractivity contribution in [1.82, 2.24) is 4.98 Å². The number of hydrogen-bond acceptors (Lipinski definition) is 4. The lowest BCUT2D eigenvalue weighted by molar-refractivity contribution is 0.129. The smallest absolute Gasteiger partial charge is 0.214 e. The minimum absolute atomic E-state index is 0.189. The third kappa shape index (κ3) is 3.22. The molecule has 0 spiro atoms. The van der Waals surface area contributed by atoms with Gasteiger partial charge in [0.1, 0.15) is 0 Å². The van der Waals surface area contributed by atoms with Gasteiger partial charge in [-0.25, -0.2) is 4.98 Å². The van der Waals surface area contributed by atoms with Crippen LogP contribution in [-0.2, 0) is 4.74 Å². The minimum atomic E-state index is 0.189. The zero-order chi connectivity index (χ0) is 10.4. The number of ether oxygens (including phenoxy) is 2. The van der Waals surface area contributed by atoms with Crippen LogP contribution in [0.3, 0.4) is 0 Å². The van der Waals surface area contributed by atoms with E-state index in [9.17, 15) is 0 Å². The van der Waals surface area contributed by atoms with Crippen molar-refractivity contribution < 1.29 is 9.47 Å². The Hall–Kier alpha value is -1.29. The highest BCUT2D eigenvalue weighted by Crippen LogP contribution is 2.13. The van der Waals surface area contributed by atoms with Gasteiger partial charge in [-0.1, -0.05) is 0 Å². The molecule has 0 saturated carbocycles. The molecule has 1 aromatic heterocycles. The molecule has 0 bridgehead atoms. The number of nitrogens with one attached hydrogen (secondary N) is 1. The average molecular weight is 196 g/mol. The molecule has 4 heteroatoms. The number of nitrogens with zero attached hydrogens (tertiary/aromatic N) is 1. The van der Waals surface area contributed by atoms with Crippen LogP contribution in [0.2, 0.25) is 0 Å². The summed E-state index contributed by atoms with van der Waals surface area (Å²) >= 11 is 0. The first-order chi connectivity index (χ1) is 6.76. The Bertz CT molecular complexity index is 279. The second-order valence-electron chi connectivity index (χ2n) is 3.01. The fraction of sp³-hybridized carbons (Fsp3) is 0.500. The van der Waals surface area contributed by atoms with Gasteiger partial charge in [-0.15, -0.1) is 0 Å². The lowest BCUT2D eigenvalue weighted by atomic mass is 10.3. The first-order valence-corrected chi connectivity index (χ1v) is 4.53. The molecule has 1 atom stereocenters. The maximum Gasteiger partial charge on any atom is 0.214 e. The molecule has 0 fully saturated rings. The number of anilines is 1.